The minimum Gasteiger partial charge on any atom is -0.461 e. The summed E-state index contributed by atoms with van der Waals surface area (Å²) in [5, 5.41) is 2.93. The molecule has 0 aromatic heterocycles. The van der Waals surface area contributed by atoms with Crippen molar-refractivity contribution in [2.45, 2.75) is 6.92 Å². The van der Waals surface area contributed by atoms with Crippen molar-refractivity contribution >= 4 is 17.6 Å². The molecular weight excluding hydrogens is 277 g/mol. The van der Waals surface area contributed by atoms with Gasteiger partial charge in [-0.05, 0) is 25.1 Å². The van der Waals surface area contributed by atoms with Gasteiger partial charge >= 0.3 is 5.97 Å². The Hall–Kier alpha value is -2.57. The van der Waals surface area contributed by atoms with Crippen LogP contribution in [-0.2, 0) is 9.53 Å². The average Bonchev–Trinajstić information content (AvgIpc) is 2.90. The van der Waals surface area contributed by atoms with Gasteiger partial charge in [-0.1, -0.05) is 0 Å². The highest BCUT2D eigenvalue weighted by atomic mass is 19.1. The smallest absolute Gasteiger partial charge is 0.358 e. The Morgan fingerprint density at radius 2 is 2.24 bits per heavy atom. The number of carbonyl (C=O) groups is 2. The minimum atomic E-state index is -0.514. The SMILES string of the molecule is CCOC(=O)C1=C2N(C)C(=O)c3cc(F)ccc3N2CN1. The molecule has 0 saturated carbocycles. The van der Waals surface area contributed by atoms with Crippen LogP contribution in [0.5, 0.6) is 0 Å². The Morgan fingerprint density at radius 3 is 2.95 bits per heavy atom. The largest absolute Gasteiger partial charge is 0.461 e. The number of rotatable bonds is 2. The van der Waals surface area contributed by atoms with Gasteiger partial charge in [0.05, 0.1) is 24.5 Å². The number of nitrogens with zero attached hydrogens (tertiary/aromatic N) is 2. The van der Waals surface area contributed by atoms with E-state index in [0.29, 0.717) is 18.2 Å². The van der Waals surface area contributed by atoms with E-state index in [-0.39, 0.29) is 23.8 Å². The maximum absolute atomic E-state index is 13.4. The van der Waals surface area contributed by atoms with Crippen LogP contribution < -0.4 is 10.2 Å². The third-order valence-corrected chi connectivity index (χ3v) is 3.47. The van der Waals surface area contributed by atoms with Gasteiger partial charge in [0, 0.05) is 7.05 Å². The molecule has 1 aromatic rings. The maximum Gasteiger partial charge on any atom is 0.358 e. The van der Waals surface area contributed by atoms with Gasteiger partial charge in [0.25, 0.3) is 5.91 Å². The first-order valence-electron chi connectivity index (χ1n) is 6.55. The lowest BCUT2D eigenvalue weighted by atomic mass is 10.1. The molecule has 0 bridgehead atoms. The summed E-state index contributed by atoms with van der Waals surface area (Å²) in [5.74, 6) is -0.917. The van der Waals surface area contributed by atoms with E-state index in [1.807, 2.05) is 0 Å². The summed E-state index contributed by atoms with van der Waals surface area (Å²) in [4.78, 5) is 27.4. The number of ether oxygens (including phenoxy) is 1. The number of amides is 1. The molecule has 2 aliphatic heterocycles. The zero-order valence-electron chi connectivity index (χ0n) is 11.6. The molecule has 1 aromatic carbocycles. The van der Waals surface area contributed by atoms with E-state index >= 15 is 0 Å². The Bertz CT molecular complexity index is 671. The van der Waals surface area contributed by atoms with E-state index < -0.39 is 11.8 Å². The first-order valence-corrected chi connectivity index (χ1v) is 6.55. The molecule has 2 aliphatic rings. The number of benzene rings is 1. The lowest BCUT2D eigenvalue weighted by molar-refractivity contribution is -0.138. The number of hydrogen-bond acceptors (Lipinski definition) is 5. The highest BCUT2D eigenvalue weighted by molar-refractivity contribution is 6.05. The predicted molar refractivity (Wildman–Crippen MR) is 72.6 cm³/mol. The number of nitrogens with one attached hydrogen (secondary N) is 1. The van der Waals surface area contributed by atoms with Gasteiger partial charge < -0.3 is 15.0 Å². The third-order valence-electron chi connectivity index (χ3n) is 3.47. The summed E-state index contributed by atoms with van der Waals surface area (Å²) < 4.78 is 18.3. The quantitative estimate of drug-likeness (QED) is 0.824. The molecular formula is C14H14FN3O3. The fourth-order valence-corrected chi connectivity index (χ4v) is 2.55. The molecule has 3 rings (SSSR count). The maximum atomic E-state index is 13.4. The summed E-state index contributed by atoms with van der Waals surface area (Å²) in [6, 6.07) is 4.02. The molecule has 0 atom stereocenters. The normalized spacial score (nSPS) is 16.6. The Balaban J connectivity index is 2.12. The molecule has 0 saturated heterocycles. The van der Waals surface area contributed by atoms with Crippen LogP contribution in [0.1, 0.15) is 17.3 Å². The van der Waals surface area contributed by atoms with Gasteiger partial charge in [-0.2, -0.15) is 0 Å². The van der Waals surface area contributed by atoms with Crippen LogP contribution in [-0.4, -0.2) is 37.1 Å². The third kappa shape index (κ3) is 1.93. The van der Waals surface area contributed by atoms with Crippen molar-refractivity contribution in [1.29, 1.82) is 0 Å². The molecule has 6 nitrogen and oxygen atoms in total. The van der Waals surface area contributed by atoms with E-state index in [9.17, 15) is 14.0 Å². The molecule has 0 fully saturated rings. The van der Waals surface area contributed by atoms with E-state index in [2.05, 4.69) is 5.32 Å². The van der Waals surface area contributed by atoms with Crippen molar-refractivity contribution in [3.63, 3.8) is 0 Å². The van der Waals surface area contributed by atoms with Gasteiger partial charge in [0.1, 0.15) is 11.6 Å². The molecule has 0 unspecified atom stereocenters. The molecule has 1 N–H and O–H groups in total. The summed E-state index contributed by atoms with van der Waals surface area (Å²) in [6.45, 7) is 2.28. The van der Waals surface area contributed by atoms with Crippen LogP contribution in [0.25, 0.3) is 0 Å². The summed E-state index contributed by atoms with van der Waals surface area (Å²) >= 11 is 0. The Kier molecular flexibility index (Phi) is 3.04. The average molecular weight is 291 g/mol. The van der Waals surface area contributed by atoms with Crippen LogP contribution in [0.4, 0.5) is 10.1 Å². The van der Waals surface area contributed by atoms with Crippen LogP contribution in [0.3, 0.4) is 0 Å². The number of fused-ring (bicyclic) bond motifs is 3. The molecule has 0 aliphatic carbocycles. The van der Waals surface area contributed by atoms with Gasteiger partial charge in [-0.25, -0.2) is 9.18 Å². The monoisotopic (exact) mass is 291 g/mol. The molecule has 0 spiro atoms. The van der Waals surface area contributed by atoms with Crippen molar-refractivity contribution in [3.05, 3.63) is 41.1 Å². The fraction of sp³-hybridized carbons (Fsp3) is 0.286. The summed E-state index contributed by atoms with van der Waals surface area (Å²) in [5.41, 5.74) is 1.08. The van der Waals surface area contributed by atoms with E-state index in [1.165, 1.54) is 23.1 Å². The number of halogens is 1. The van der Waals surface area contributed by atoms with Crippen LogP contribution in [0.15, 0.2) is 29.7 Å². The lowest BCUT2D eigenvalue weighted by Crippen LogP contribution is -2.41. The molecule has 7 heteroatoms. The topological polar surface area (TPSA) is 61.9 Å². The van der Waals surface area contributed by atoms with Crippen LogP contribution in [0.2, 0.25) is 0 Å². The fourth-order valence-electron chi connectivity index (χ4n) is 2.55. The van der Waals surface area contributed by atoms with Gasteiger partial charge in [-0.15, -0.1) is 0 Å². The van der Waals surface area contributed by atoms with Crippen molar-refractivity contribution < 1.29 is 18.7 Å². The van der Waals surface area contributed by atoms with Crippen LogP contribution in [0, 0.1) is 5.82 Å². The lowest BCUT2D eigenvalue weighted by Gasteiger charge is -2.34. The van der Waals surface area contributed by atoms with Gasteiger partial charge in [0.15, 0.2) is 5.70 Å². The predicted octanol–water partition coefficient (Wildman–Crippen LogP) is 1.01. The summed E-state index contributed by atoms with van der Waals surface area (Å²) in [7, 11) is 1.55. The highest BCUT2D eigenvalue weighted by Crippen LogP contribution is 2.35. The molecule has 0 radical (unpaired) electrons. The number of carbonyl (C=O) groups excluding carboxylic acids is 2. The molecule has 21 heavy (non-hydrogen) atoms. The van der Waals surface area contributed by atoms with E-state index in [4.69, 9.17) is 4.74 Å². The second-order valence-electron chi connectivity index (χ2n) is 4.71. The first kappa shape index (κ1) is 13.4. The molecule has 1 amide bonds. The number of anilines is 1. The van der Waals surface area contributed by atoms with Crippen molar-refractivity contribution in [2.75, 3.05) is 25.2 Å². The number of hydrogen-bond donors (Lipinski definition) is 1. The second-order valence-corrected chi connectivity index (χ2v) is 4.71. The first-order chi connectivity index (χ1) is 10.0. The minimum absolute atomic E-state index is 0.239. The zero-order chi connectivity index (χ0) is 15.1. The van der Waals surface area contributed by atoms with Crippen molar-refractivity contribution in [1.82, 2.24) is 10.2 Å². The van der Waals surface area contributed by atoms with Crippen LogP contribution >= 0.6 is 0 Å². The number of esters is 1. The highest BCUT2D eigenvalue weighted by Gasteiger charge is 2.39. The summed E-state index contributed by atoms with van der Waals surface area (Å²) in [6.07, 6.45) is 0. The zero-order valence-corrected chi connectivity index (χ0v) is 11.6. The van der Waals surface area contributed by atoms with E-state index in [1.54, 1.807) is 18.9 Å². The second kappa shape index (κ2) is 4.76. The Morgan fingerprint density at radius 1 is 1.48 bits per heavy atom. The van der Waals surface area contributed by atoms with Gasteiger partial charge in [-0.3, -0.25) is 9.69 Å². The van der Waals surface area contributed by atoms with E-state index in [0.717, 1.165) is 0 Å². The Labute approximate surface area is 120 Å². The molecule has 110 valence electrons. The standard InChI is InChI=1S/C14H14FN3O3/c1-3-21-14(20)11-12-17(2)13(19)9-6-8(15)4-5-10(9)18(12)7-16-11/h4-6,16H,3,7H2,1-2H3. The van der Waals surface area contributed by atoms with Crippen molar-refractivity contribution in [2.24, 2.45) is 0 Å². The van der Waals surface area contributed by atoms with Gasteiger partial charge in [0.2, 0.25) is 0 Å². The molecule has 2 heterocycles. The van der Waals surface area contributed by atoms with Crippen molar-refractivity contribution in [3.8, 4) is 0 Å².